The summed E-state index contributed by atoms with van der Waals surface area (Å²) >= 11 is 6.12. The molecule has 0 radical (unpaired) electrons. The summed E-state index contributed by atoms with van der Waals surface area (Å²) in [7, 11) is 0. The largest absolute Gasteiger partial charge is 0.494 e. The standard InChI is InChI=1S/C13H14ClNO/c1-3-10(9-15)13(14)11-5-7-12(8-6-11)16-4-2/h5-8H,3-4H2,1-2H3. The Morgan fingerprint density at radius 1 is 1.31 bits per heavy atom. The molecule has 0 fully saturated rings. The van der Waals surface area contributed by atoms with Crippen LogP contribution < -0.4 is 4.74 Å². The Balaban J connectivity index is 2.98. The van der Waals surface area contributed by atoms with Gasteiger partial charge in [-0.1, -0.05) is 18.5 Å². The minimum Gasteiger partial charge on any atom is -0.494 e. The molecule has 0 aromatic heterocycles. The van der Waals surface area contributed by atoms with Crippen molar-refractivity contribution in [2.45, 2.75) is 20.3 Å². The molecule has 0 saturated carbocycles. The molecule has 84 valence electrons. The van der Waals surface area contributed by atoms with Crippen LogP contribution >= 0.6 is 11.6 Å². The molecule has 3 heteroatoms. The fourth-order valence-electron chi connectivity index (χ4n) is 1.32. The third-order valence-electron chi connectivity index (χ3n) is 2.17. The van der Waals surface area contributed by atoms with Crippen LogP contribution in [0.3, 0.4) is 0 Å². The van der Waals surface area contributed by atoms with E-state index in [1.807, 2.05) is 38.1 Å². The number of hydrogen-bond acceptors (Lipinski definition) is 2. The molecule has 0 aliphatic rings. The molecule has 1 aromatic carbocycles. The van der Waals surface area contributed by atoms with E-state index in [0.717, 1.165) is 11.3 Å². The van der Waals surface area contributed by atoms with Gasteiger partial charge in [0, 0.05) is 5.57 Å². The van der Waals surface area contributed by atoms with Gasteiger partial charge in [-0.15, -0.1) is 0 Å². The second-order valence-electron chi connectivity index (χ2n) is 3.22. The maximum absolute atomic E-state index is 8.88. The number of allylic oxidation sites excluding steroid dienone is 1. The van der Waals surface area contributed by atoms with Gasteiger partial charge in [-0.05, 0) is 43.2 Å². The molecule has 2 nitrogen and oxygen atoms in total. The number of nitrogens with zero attached hydrogens (tertiary/aromatic N) is 1. The third-order valence-corrected chi connectivity index (χ3v) is 2.62. The number of ether oxygens (including phenoxy) is 1. The fraction of sp³-hybridized carbons (Fsp3) is 0.308. The van der Waals surface area contributed by atoms with Crippen molar-refractivity contribution in [3.63, 3.8) is 0 Å². The number of benzene rings is 1. The zero-order chi connectivity index (χ0) is 12.0. The summed E-state index contributed by atoms with van der Waals surface area (Å²) in [5.74, 6) is 0.811. The Hall–Kier alpha value is -1.46. The molecule has 1 aromatic rings. The third kappa shape index (κ3) is 3.01. The lowest BCUT2D eigenvalue weighted by Crippen LogP contribution is -1.91. The van der Waals surface area contributed by atoms with Crippen molar-refractivity contribution in [2.24, 2.45) is 0 Å². The second-order valence-corrected chi connectivity index (χ2v) is 3.59. The summed E-state index contributed by atoms with van der Waals surface area (Å²) in [6.45, 7) is 4.49. The van der Waals surface area contributed by atoms with Crippen molar-refractivity contribution >= 4 is 16.6 Å². The van der Waals surface area contributed by atoms with E-state index in [1.165, 1.54) is 0 Å². The van der Waals surface area contributed by atoms with Crippen LogP contribution in [0.15, 0.2) is 29.8 Å². The minimum absolute atomic E-state index is 0.521. The normalized spacial score (nSPS) is 11.6. The first-order chi connectivity index (χ1) is 7.72. The van der Waals surface area contributed by atoms with Crippen LogP contribution in [0.4, 0.5) is 0 Å². The first-order valence-corrected chi connectivity index (χ1v) is 5.62. The van der Waals surface area contributed by atoms with Crippen molar-refractivity contribution in [2.75, 3.05) is 6.61 Å². The molecule has 0 bridgehead atoms. The Morgan fingerprint density at radius 2 is 1.94 bits per heavy atom. The van der Waals surface area contributed by atoms with Crippen LogP contribution in [-0.2, 0) is 0 Å². The highest BCUT2D eigenvalue weighted by Crippen LogP contribution is 2.26. The summed E-state index contributed by atoms with van der Waals surface area (Å²) < 4.78 is 5.33. The zero-order valence-corrected chi connectivity index (χ0v) is 10.2. The average molecular weight is 236 g/mol. The SMILES string of the molecule is CCOc1ccc(C(Cl)=C(C#N)CC)cc1. The highest BCUT2D eigenvalue weighted by molar-refractivity contribution is 6.49. The van der Waals surface area contributed by atoms with Gasteiger partial charge < -0.3 is 4.74 Å². The molecule has 16 heavy (non-hydrogen) atoms. The number of rotatable bonds is 4. The Morgan fingerprint density at radius 3 is 2.38 bits per heavy atom. The van der Waals surface area contributed by atoms with Crippen LogP contribution in [-0.4, -0.2) is 6.61 Å². The van der Waals surface area contributed by atoms with E-state index in [0.29, 0.717) is 23.6 Å². The fourth-order valence-corrected chi connectivity index (χ4v) is 1.62. The molecule has 0 spiro atoms. The first kappa shape index (κ1) is 12.6. The first-order valence-electron chi connectivity index (χ1n) is 5.24. The van der Waals surface area contributed by atoms with Gasteiger partial charge in [0.2, 0.25) is 0 Å². The predicted octanol–water partition coefficient (Wildman–Crippen LogP) is 3.97. The van der Waals surface area contributed by atoms with Crippen LogP contribution in [0.25, 0.3) is 5.03 Å². The van der Waals surface area contributed by atoms with E-state index in [9.17, 15) is 0 Å². The Bertz CT molecular complexity index is 415. The summed E-state index contributed by atoms with van der Waals surface area (Å²) in [4.78, 5) is 0. The van der Waals surface area contributed by atoms with Crippen molar-refractivity contribution in [1.82, 2.24) is 0 Å². The molecule has 0 unspecified atom stereocenters. The highest BCUT2D eigenvalue weighted by atomic mass is 35.5. The molecule has 0 atom stereocenters. The molecule has 1 rings (SSSR count). The Labute approximate surface area is 101 Å². The molecular formula is C13H14ClNO. The van der Waals surface area contributed by atoms with Crippen LogP contribution in [0.5, 0.6) is 5.75 Å². The number of nitriles is 1. The summed E-state index contributed by atoms with van der Waals surface area (Å²) in [5.41, 5.74) is 1.45. The Kier molecular flexibility index (Phi) is 4.88. The predicted molar refractivity (Wildman–Crippen MR) is 66.3 cm³/mol. The van der Waals surface area contributed by atoms with E-state index in [1.54, 1.807) is 0 Å². The van der Waals surface area contributed by atoms with Gasteiger partial charge in [-0.3, -0.25) is 0 Å². The van der Waals surface area contributed by atoms with Crippen molar-refractivity contribution < 1.29 is 4.74 Å². The topological polar surface area (TPSA) is 33.0 Å². The second kappa shape index (κ2) is 6.19. The van der Waals surface area contributed by atoms with Gasteiger partial charge >= 0.3 is 0 Å². The summed E-state index contributed by atoms with van der Waals surface area (Å²) in [5, 5.41) is 9.40. The van der Waals surface area contributed by atoms with Crippen molar-refractivity contribution in [3.8, 4) is 11.8 Å². The molecule has 0 aliphatic heterocycles. The number of halogens is 1. The van der Waals surface area contributed by atoms with Gasteiger partial charge in [0.1, 0.15) is 5.75 Å². The van der Waals surface area contributed by atoms with Gasteiger partial charge in [-0.25, -0.2) is 0 Å². The lowest BCUT2D eigenvalue weighted by molar-refractivity contribution is 0.340. The van der Waals surface area contributed by atoms with E-state index >= 15 is 0 Å². The molecule has 0 heterocycles. The lowest BCUT2D eigenvalue weighted by Gasteiger charge is -2.05. The minimum atomic E-state index is 0.521. The van der Waals surface area contributed by atoms with Crippen LogP contribution in [0.1, 0.15) is 25.8 Å². The lowest BCUT2D eigenvalue weighted by atomic mass is 10.1. The zero-order valence-electron chi connectivity index (χ0n) is 9.46. The van der Waals surface area contributed by atoms with E-state index < -0.39 is 0 Å². The quantitative estimate of drug-likeness (QED) is 0.740. The summed E-state index contributed by atoms with van der Waals surface area (Å²) in [6.07, 6.45) is 0.641. The van der Waals surface area contributed by atoms with Gasteiger partial charge in [0.05, 0.1) is 17.7 Å². The van der Waals surface area contributed by atoms with E-state index in [4.69, 9.17) is 21.6 Å². The smallest absolute Gasteiger partial charge is 0.119 e. The van der Waals surface area contributed by atoms with E-state index in [2.05, 4.69) is 6.07 Å². The summed E-state index contributed by atoms with van der Waals surface area (Å²) in [6, 6.07) is 9.54. The molecule has 0 saturated heterocycles. The van der Waals surface area contributed by atoms with Crippen molar-refractivity contribution in [3.05, 3.63) is 35.4 Å². The van der Waals surface area contributed by atoms with Gasteiger partial charge in [0.15, 0.2) is 0 Å². The number of hydrogen-bond donors (Lipinski definition) is 0. The van der Waals surface area contributed by atoms with Crippen LogP contribution in [0.2, 0.25) is 0 Å². The van der Waals surface area contributed by atoms with Gasteiger partial charge in [0.25, 0.3) is 0 Å². The maximum atomic E-state index is 8.88. The van der Waals surface area contributed by atoms with Gasteiger partial charge in [-0.2, -0.15) is 5.26 Å². The molecule has 0 N–H and O–H groups in total. The highest BCUT2D eigenvalue weighted by Gasteiger charge is 2.05. The molecule has 0 amide bonds. The molecular weight excluding hydrogens is 222 g/mol. The monoisotopic (exact) mass is 235 g/mol. The molecule has 0 aliphatic carbocycles. The average Bonchev–Trinajstić information content (AvgIpc) is 2.32. The van der Waals surface area contributed by atoms with Crippen LogP contribution in [0, 0.1) is 11.3 Å². The van der Waals surface area contributed by atoms with E-state index in [-0.39, 0.29) is 0 Å². The van der Waals surface area contributed by atoms with Crippen molar-refractivity contribution in [1.29, 1.82) is 5.26 Å². The maximum Gasteiger partial charge on any atom is 0.119 e.